The molecule has 0 aliphatic rings. The fourth-order valence-corrected chi connectivity index (χ4v) is 2.82. The molecule has 0 spiro atoms. The monoisotopic (exact) mass is 286 g/mol. The van der Waals surface area contributed by atoms with Gasteiger partial charge in [-0.25, -0.2) is 9.78 Å². The Morgan fingerprint density at radius 3 is 2.90 bits per heavy atom. The third-order valence-electron chi connectivity index (χ3n) is 2.88. The predicted octanol–water partition coefficient (Wildman–Crippen LogP) is 3.47. The number of rotatable bonds is 3. The number of aromatic nitrogens is 2. The summed E-state index contributed by atoms with van der Waals surface area (Å²) in [6.07, 6.45) is 3.40. The quantitative estimate of drug-likeness (QED) is 0.797. The van der Waals surface area contributed by atoms with Crippen molar-refractivity contribution in [1.82, 2.24) is 10.1 Å². The molecular formula is C14H10N2O3S. The molecule has 0 aliphatic heterocycles. The largest absolute Gasteiger partial charge is 0.478 e. The highest BCUT2D eigenvalue weighted by molar-refractivity contribution is 7.18. The Balaban J connectivity index is 2.00. The molecule has 0 saturated carbocycles. The molecule has 3 aromatic rings. The molecule has 0 unspecified atom stereocenters. The van der Waals surface area contributed by atoms with Gasteiger partial charge in [-0.05, 0) is 19.1 Å². The first-order chi connectivity index (χ1) is 9.65. The molecule has 2 aromatic heterocycles. The van der Waals surface area contributed by atoms with E-state index in [9.17, 15) is 4.79 Å². The van der Waals surface area contributed by atoms with E-state index in [0.29, 0.717) is 0 Å². The smallest absolute Gasteiger partial charge is 0.335 e. The van der Waals surface area contributed by atoms with Crippen LogP contribution in [0.25, 0.3) is 21.0 Å². The van der Waals surface area contributed by atoms with Crippen molar-refractivity contribution >= 4 is 17.3 Å². The number of carboxylic acid groups (broad SMARTS) is 1. The van der Waals surface area contributed by atoms with E-state index >= 15 is 0 Å². The summed E-state index contributed by atoms with van der Waals surface area (Å²) in [6, 6.07) is 6.73. The van der Waals surface area contributed by atoms with E-state index in [1.165, 1.54) is 11.3 Å². The number of aryl methyl sites for hydroxylation is 1. The summed E-state index contributed by atoms with van der Waals surface area (Å²) in [5.74, 6) is -0.210. The van der Waals surface area contributed by atoms with Crippen LogP contribution in [0.15, 0.2) is 41.2 Å². The molecule has 0 aliphatic carbocycles. The number of thiazole rings is 1. The van der Waals surface area contributed by atoms with E-state index in [1.807, 2.05) is 13.0 Å². The minimum Gasteiger partial charge on any atom is -0.478 e. The molecule has 6 heteroatoms. The minimum absolute atomic E-state index is 0.250. The van der Waals surface area contributed by atoms with Gasteiger partial charge in [0.1, 0.15) is 10.8 Å². The molecule has 0 amide bonds. The lowest BCUT2D eigenvalue weighted by atomic mass is 10.1. The maximum absolute atomic E-state index is 11.0. The lowest BCUT2D eigenvalue weighted by Crippen LogP contribution is -1.95. The molecular weight excluding hydrogens is 276 g/mol. The van der Waals surface area contributed by atoms with Gasteiger partial charge < -0.3 is 9.63 Å². The zero-order chi connectivity index (χ0) is 14.1. The van der Waals surface area contributed by atoms with Gasteiger partial charge in [-0.2, -0.15) is 0 Å². The van der Waals surface area contributed by atoms with Crippen molar-refractivity contribution in [2.45, 2.75) is 6.92 Å². The van der Waals surface area contributed by atoms with Crippen LogP contribution in [0, 0.1) is 6.92 Å². The normalized spacial score (nSPS) is 10.7. The van der Waals surface area contributed by atoms with Gasteiger partial charge in [-0.1, -0.05) is 17.3 Å². The van der Waals surface area contributed by atoms with Crippen molar-refractivity contribution in [3.63, 3.8) is 0 Å². The fraction of sp³-hybridized carbons (Fsp3) is 0.0714. The number of hydrogen-bond acceptors (Lipinski definition) is 5. The van der Waals surface area contributed by atoms with E-state index in [0.717, 1.165) is 26.8 Å². The molecule has 100 valence electrons. The summed E-state index contributed by atoms with van der Waals surface area (Å²) in [5, 5.41) is 13.5. The third-order valence-corrected chi connectivity index (χ3v) is 3.96. The van der Waals surface area contributed by atoms with Crippen molar-refractivity contribution in [1.29, 1.82) is 0 Å². The van der Waals surface area contributed by atoms with Crippen LogP contribution in [-0.2, 0) is 0 Å². The van der Waals surface area contributed by atoms with Crippen LogP contribution < -0.4 is 0 Å². The number of carbonyl (C=O) groups is 1. The Kier molecular flexibility index (Phi) is 3.08. The number of hydrogen-bond donors (Lipinski definition) is 1. The summed E-state index contributed by atoms with van der Waals surface area (Å²) in [6.45, 7) is 1.84. The zero-order valence-electron chi connectivity index (χ0n) is 10.5. The second kappa shape index (κ2) is 4.90. The maximum atomic E-state index is 11.0. The molecule has 2 heterocycles. The SMILES string of the molecule is Cc1oncc1-c1cnc(-c2cccc(C(=O)O)c2)s1. The van der Waals surface area contributed by atoms with E-state index in [2.05, 4.69) is 10.1 Å². The number of aromatic carboxylic acids is 1. The first kappa shape index (κ1) is 12.6. The number of nitrogens with zero attached hydrogens (tertiary/aromatic N) is 2. The van der Waals surface area contributed by atoms with Gasteiger partial charge in [-0.3, -0.25) is 0 Å². The molecule has 0 saturated heterocycles. The molecule has 1 N–H and O–H groups in total. The van der Waals surface area contributed by atoms with Crippen LogP contribution in [0.5, 0.6) is 0 Å². The van der Waals surface area contributed by atoms with Crippen LogP contribution in [0.1, 0.15) is 16.1 Å². The Hall–Kier alpha value is -2.47. The van der Waals surface area contributed by atoms with Crippen LogP contribution >= 0.6 is 11.3 Å². The number of benzene rings is 1. The van der Waals surface area contributed by atoms with Gasteiger partial charge in [0.2, 0.25) is 0 Å². The van der Waals surface area contributed by atoms with Crippen molar-refractivity contribution in [3.8, 4) is 21.0 Å². The Morgan fingerprint density at radius 2 is 2.20 bits per heavy atom. The van der Waals surface area contributed by atoms with Gasteiger partial charge in [0.25, 0.3) is 0 Å². The highest BCUT2D eigenvalue weighted by atomic mass is 32.1. The molecule has 0 atom stereocenters. The molecule has 0 fully saturated rings. The van der Waals surface area contributed by atoms with Gasteiger partial charge in [0.05, 0.1) is 22.2 Å². The first-order valence-corrected chi connectivity index (χ1v) is 6.68. The van der Waals surface area contributed by atoms with Crippen molar-refractivity contribution in [3.05, 3.63) is 48.0 Å². The molecule has 5 nitrogen and oxygen atoms in total. The minimum atomic E-state index is -0.946. The van der Waals surface area contributed by atoms with Gasteiger partial charge in [0, 0.05) is 11.8 Å². The highest BCUT2D eigenvalue weighted by Crippen LogP contribution is 2.33. The van der Waals surface area contributed by atoms with Crippen molar-refractivity contribution in [2.24, 2.45) is 0 Å². The third kappa shape index (κ3) is 2.21. The summed E-state index contributed by atoms with van der Waals surface area (Å²) >= 11 is 1.47. The van der Waals surface area contributed by atoms with Crippen molar-refractivity contribution in [2.75, 3.05) is 0 Å². The predicted molar refractivity (Wildman–Crippen MR) is 74.7 cm³/mol. The van der Waals surface area contributed by atoms with Crippen molar-refractivity contribution < 1.29 is 14.4 Å². The van der Waals surface area contributed by atoms with Crippen LogP contribution in [0.3, 0.4) is 0 Å². The molecule has 0 bridgehead atoms. The molecule has 3 rings (SSSR count). The first-order valence-electron chi connectivity index (χ1n) is 5.86. The van der Waals surface area contributed by atoms with Crippen LogP contribution in [-0.4, -0.2) is 21.2 Å². The second-order valence-corrected chi connectivity index (χ2v) is 5.24. The highest BCUT2D eigenvalue weighted by Gasteiger charge is 2.12. The maximum Gasteiger partial charge on any atom is 0.335 e. The number of carboxylic acids is 1. The van der Waals surface area contributed by atoms with Crippen LogP contribution in [0.2, 0.25) is 0 Å². The van der Waals surface area contributed by atoms with Crippen LogP contribution in [0.4, 0.5) is 0 Å². The summed E-state index contributed by atoms with van der Waals surface area (Å²) in [7, 11) is 0. The average Bonchev–Trinajstić information content (AvgIpc) is 3.07. The van der Waals surface area contributed by atoms with Gasteiger partial charge in [0.15, 0.2) is 0 Å². The topological polar surface area (TPSA) is 76.2 Å². The Morgan fingerprint density at radius 1 is 1.35 bits per heavy atom. The summed E-state index contributed by atoms with van der Waals surface area (Å²) < 4.78 is 5.04. The van der Waals surface area contributed by atoms with Gasteiger partial charge in [-0.15, -0.1) is 11.3 Å². The van der Waals surface area contributed by atoms with Gasteiger partial charge >= 0.3 is 5.97 Å². The van der Waals surface area contributed by atoms with E-state index in [1.54, 1.807) is 30.6 Å². The lowest BCUT2D eigenvalue weighted by molar-refractivity contribution is 0.0697. The fourth-order valence-electron chi connectivity index (χ4n) is 1.85. The summed E-state index contributed by atoms with van der Waals surface area (Å²) in [5.41, 5.74) is 1.94. The molecule has 1 aromatic carbocycles. The standard InChI is InChI=1S/C14H10N2O3S/c1-8-11(6-16-19-8)12-7-15-13(20-12)9-3-2-4-10(5-9)14(17)18/h2-7H,1H3,(H,17,18). The lowest BCUT2D eigenvalue weighted by Gasteiger charge is -1.98. The Labute approximate surface area is 118 Å². The average molecular weight is 286 g/mol. The second-order valence-electron chi connectivity index (χ2n) is 4.21. The molecule has 20 heavy (non-hydrogen) atoms. The van der Waals surface area contributed by atoms with E-state index in [4.69, 9.17) is 9.63 Å². The van der Waals surface area contributed by atoms with E-state index < -0.39 is 5.97 Å². The van der Waals surface area contributed by atoms with E-state index in [-0.39, 0.29) is 5.56 Å². The Bertz CT molecular complexity index is 776. The zero-order valence-corrected chi connectivity index (χ0v) is 11.3. The summed E-state index contributed by atoms with van der Waals surface area (Å²) in [4.78, 5) is 16.3. The molecule has 0 radical (unpaired) electrons.